The summed E-state index contributed by atoms with van der Waals surface area (Å²) in [4.78, 5) is 26.3. The van der Waals surface area contributed by atoms with E-state index in [9.17, 15) is 14.7 Å². The molecule has 7 heteroatoms. The molecule has 0 unspecified atom stereocenters. The summed E-state index contributed by atoms with van der Waals surface area (Å²) in [7, 11) is 0. The van der Waals surface area contributed by atoms with Crippen LogP contribution in [0.1, 0.15) is 20.9 Å². The zero-order valence-electron chi connectivity index (χ0n) is 13.7. The SMILES string of the molecule is O=C(Nc1[se]cc(-c2ccc(Br)cc2)c1C(=O)O)c1cc2ccccc2o1. The fourth-order valence-electron chi connectivity index (χ4n) is 2.76. The van der Waals surface area contributed by atoms with Gasteiger partial charge in [-0.3, -0.25) is 0 Å². The van der Waals surface area contributed by atoms with Crippen LogP contribution in [0.2, 0.25) is 0 Å². The molecule has 2 aromatic carbocycles. The molecule has 0 saturated carbocycles. The van der Waals surface area contributed by atoms with Crippen molar-refractivity contribution in [1.29, 1.82) is 0 Å². The van der Waals surface area contributed by atoms with Gasteiger partial charge in [-0.1, -0.05) is 0 Å². The van der Waals surface area contributed by atoms with Crippen LogP contribution < -0.4 is 5.32 Å². The first-order valence-electron chi connectivity index (χ1n) is 7.93. The Hall–Kier alpha value is -2.60. The van der Waals surface area contributed by atoms with Crippen LogP contribution in [0, 0.1) is 0 Å². The van der Waals surface area contributed by atoms with Crippen molar-refractivity contribution >= 4 is 57.8 Å². The maximum absolute atomic E-state index is 12.6. The van der Waals surface area contributed by atoms with E-state index in [1.54, 1.807) is 12.1 Å². The van der Waals surface area contributed by atoms with Gasteiger partial charge in [0.15, 0.2) is 0 Å². The zero-order valence-corrected chi connectivity index (χ0v) is 17.0. The van der Waals surface area contributed by atoms with Gasteiger partial charge in [0.25, 0.3) is 0 Å². The van der Waals surface area contributed by atoms with E-state index in [-0.39, 0.29) is 25.8 Å². The average Bonchev–Trinajstić information content (AvgIpc) is 3.26. The molecule has 0 radical (unpaired) electrons. The molecule has 0 aliphatic heterocycles. The van der Waals surface area contributed by atoms with Gasteiger partial charge in [0.05, 0.1) is 0 Å². The maximum atomic E-state index is 12.6. The van der Waals surface area contributed by atoms with Crippen LogP contribution in [0.4, 0.5) is 4.56 Å². The average molecular weight is 489 g/mol. The molecular weight excluding hydrogens is 477 g/mol. The minimum atomic E-state index is -1.07. The van der Waals surface area contributed by atoms with Gasteiger partial charge in [-0.15, -0.1) is 0 Å². The van der Waals surface area contributed by atoms with Crippen LogP contribution in [0.15, 0.2) is 68.4 Å². The molecule has 0 aliphatic carbocycles. The van der Waals surface area contributed by atoms with Gasteiger partial charge >= 0.3 is 169 Å². The van der Waals surface area contributed by atoms with Gasteiger partial charge in [-0.25, -0.2) is 0 Å². The van der Waals surface area contributed by atoms with E-state index in [1.165, 1.54) is 0 Å². The summed E-state index contributed by atoms with van der Waals surface area (Å²) in [6.45, 7) is 0. The molecule has 0 fully saturated rings. The predicted octanol–water partition coefficient (Wildman–Crippen LogP) is 4.87. The Kier molecular flexibility index (Phi) is 4.74. The second kappa shape index (κ2) is 7.19. The van der Waals surface area contributed by atoms with E-state index in [2.05, 4.69) is 21.2 Å². The molecule has 27 heavy (non-hydrogen) atoms. The van der Waals surface area contributed by atoms with Gasteiger partial charge < -0.3 is 0 Å². The fraction of sp³-hybridized carbons (Fsp3) is 0. The quantitative estimate of drug-likeness (QED) is 0.401. The van der Waals surface area contributed by atoms with Crippen LogP contribution in [-0.2, 0) is 0 Å². The number of furan rings is 1. The summed E-state index contributed by atoms with van der Waals surface area (Å²) in [5, 5.41) is 13.2. The number of carboxylic acid groups (broad SMARTS) is 1. The Labute approximate surface area is 168 Å². The number of aromatic carboxylic acids is 1. The summed E-state index contributed by atoms with van der Waals surface area (Å²) >= 11 is 3.08. The molecule has 5 nitrogen and oxygen atoms in total. The molecule has 4 rings (SSSR count). The van der Waals surface area contributed by atoms with Crippen molar-refractivity contribution in [2.24, 2.45) is 0 Å². The fourth-order valence-corrected chi connectivity index (χ4v) is 5.03. The third kappa shape index (κ3) is 3.49. The van der Waals surface area contributed by atoms with Crippen molar-refractivity contribution in [3.05, 3.63) is 75.3 Å². The summed E-state index contributed by atoms with van der Waals surface area (Å²) in [5.74, 6) is -1.36. The van der Waals surface area contributed by atoms with E-state index < -0.39 is 11.9 Å². The number of halogens is 1. The first-order valence-corrected chi connectivity index (χ1v) is 10.6. The molecule has 0 saturated heterocycles. The molecule has 0 atom stereocenters. The van der Waals surface area contributed by atoms with Gasteiger partial charge in [0, 0.05) is 0 Å². The molecule has 0 aliphatic rings. The number of para-hydroxylation sites is 1. The number of carbonyl (C=O) groups excluding carboxylic acids is 1. The molecule has 1 amide bonds. The Morgan fingerprint density at radius 2 is 1.81 bits per heavy atom. The van der Waals surface area contributed by atoms with Crippen LogP contribution >= 0.6 is 15.9 Å². The third-order valence-corrected chi connectivity index (χ3v) is 6.44. The van der Waals surface area contributed by atoms with Crippen LogP contribution in [-0.4, -0.2) is 31.5 Å². The van der Waals surface area contributed by atoms with Crippen molar-refractivity contribution in [1.82, 2.24) is 0 Å². The number of fused-ring (bicyclic) bond motifs is 1. The van der Waals surface area contributed by atoms with E-state index in [1.807, 2.05) is 47.4 Å². The van der Waals surface area contributed by atoms with Gasteiger partial charge in [-0.2, -0.15) is 0 Å². The number of hydrogen-bond donors (Lipinski definition) is 2. The number of carboxylic acids is 1. The Balaban J connectivity index is 1.68. The first-order chi connectivity index (χ1) is 13.0. The molecule has 2 N–H and O–H groups in total. The number of anilines is 1. The Bertz CT molecular complexity index is 1130. The summed E-state index contributed by atoms with van der Waals surface area (Å²) in [6, 6.07) is 16.4. The van der Waals surface area contributed by atoms with Crippen molar-refractivity contribution in [3.63, 3.8) is 0 Å². The van der Waals surface area contributed by atoms with Crippen molar-refractivity contribution < 1.29 is 19.1 Å². The number of amides is 1. The van der Waals surface area contributed by atoms with Crippen LogP contribution in [0.25, 0.3) is 22.1 Å². The molecule has 134 valence electrons. The number of hydrogen-bond acceptors (Lipinski definition) is 3. The molecule has 2 aromatic heterocycles. The van der Waals surface area contributed by atoms with Gasteiger partial charge in [0.2, 0.25) is 0 Å². The Morgan fingerprint density at radius 1 is 1.07 bits per heavy atom. The molecule has 0 bridgehead atoms. The van der Waals surface area contributed by atoms with E-state index in [0.29, 0.717) is 15.7 Å². The van der Waals surface area contributed by atoms with E-state index in [0.717, 1.165) is 15.4 Å². The van der Waals surface area contributed by atoms with Crippen LogP contribution in [0.3, 0.4) is 0 Å². The number of rotatable bonds is 4. The molecule has 0 spiro atoms. The van der Waals surface area contributed by atoms with Gasteiger partial charge in [0.1, 0.15) is 0 Å². The second-order valence-electron chi connectivity index (χ2n) is 5.77. The number of benzene rings is 2. The third-order valence-electron chi connectivity index (χ3n) is 4.04. The topological polar surface area (TPSA) is 79.5 Å². The molecular formula is C20H12BrNO4Se. The van der Waals surface area contributed by atoms with Crippen molar-refractivity contribution in [3.8, 4) is 11.1 Å². The molecule has 4 aromatic rings. The number of carbonyl (C=O) groups is 2. The molecule has 2 heterocycles. The summed E-state index contributed by atoms with van der Waals surface area (Å²) < 4.78 is 6.89. The number of nitrogens with one attached hydrogen (secondary N) is 1. The van der Waals surface area contributed by atoms with Gasteiger partial charge in [-0.05, 0) is 0 Å². The monoisotopic (exact) mass is 489 g/mol. The van der Waals surface area contributed by atoms with E-state index in [4.69, 9.17) is 4.42 Å². The first kappa shape index (κ1) is 17.8. The van der Waals surface area contributed by atoms with E-state index >= 15 is 0 Å². The Morgan fingerprint density at radius 3 is 2.52 bits per heavy atom. The minimum absolute atomic E-state index is 0.127. The van der Waals surface area contributed by atoms with Crippen molar-refractivity contribution in [2.45, 2.75) is 0 Å². The normalized spacial score (nSPS) is 10.9. The predicted molar refractivity (Wildman–Crippen MR) is 108 cm³/mol. The zero-order chi connectivity index (χ0) is 19.0. The second-order valence-corrected chi connectivity index (χ2v) is 8.53. The standard InChI is InChI=1S/C20H12BrNO4Se/c21-13-7-5-11(6-8-13)14-10-27-19(17(14)20(24)25)22-18(23)16-9-12-3-1-2-4-15(12)26-16/h1-10H,(H,22,23)(H,24,25). The summed E-state index contributed by atoms with van der Waals surface area (Å²) in [5.41, 5.74) is 2.16. The summed E-state index contributed by atoms with van der Waals surface area (Å²) in [6.07, 6.45) is 0. The van der Waals surface area contributed by atoms with Crippen molar-refractivity contribution in [2.75, 3.05) is 5.32 Å². The van der Waals surface area contributed by atoms with Crippen LogP contribution in [0.5, 0.6) is 0 Å².